The van der Waals surface area contributed by atoms with Crippen molar-refractivity contribution in [1.29, 1.82) is 0 Å². The molecule has 0 aliphatic heterocycles. The number of furan rings is 1. The van der Waals surface area contributed by atoms with Gasteiger partial charge in [-0.25, -0.2) is 19.9 Å². The van der Waals surface area contributed by atoms with Gasteiger partial charge in [0.1, 0.15) is 16.7 Å². The van der Waals surface area contributed by atoms with Gasteiger partial charge in [-0.2, -0.15) is 0 Å². The highest BCUT2D eigenvalue weighted by Gasteiger charge is 2.17. The van der Waals surface area contributed by atoms with Crippen LogP contribution < -0.4 is 0 Å². The molecule has 6 nitrogen and oxygen atoms in total. The molecule has 0 fully saturated rings. The van der Waals surface area contributed by atoms with E-state index in [2.05, 4.69) is 30.3 Å². The third-order valence-corrected chi connectivity index (χ3v) is 8.18. The van der Waals surface area contributed by atoms with Crippen molar-refractivity contribution in [3.05, 3.63) is 146 Å². The lowest BCUT2D eigenvalue weighted by molar-refractivity contribution is 0.617. The predicted molar refractivity (Wildman–Crippen MR) is 182 cm³/mol. The number of rotatable bonds is 5. The zero-order valence-corrected chi connectivity index (χ0v) is 24.5. The van der Waals surface area contributed by atoms with E-state index in [0.717, 1.165) is 55.3 Å². The first kappa shape index (κ1) is 26.0. The minimum Gasteiger partial charge on any atom is -0.456 e. The zero-order chi connectivity index (χ0) is 30.5. The Morgan fingerprint density at radius 3 is 1.46 bits per heavy atom. The topological polar surface area (TPSA) is 77.8 Å². The van der Waals surface area contributed by atoms with E-state index in [1.54, 1.807) is 0 Å². The van der Waals surface area contributed by atoms with Crippen molar-refractivity contribution >= 4 is 33.0 Å². The Kier molecular flexibility index (Phi) is 6.03. The van der Waals surface area contributed by atoms with E-state index >= 15 is 0 Å². The molecule has 3 heterocycles. The van der Waals surface area contributed by atoms with Crippen molar-refractivity contribution in [2.45, 2.75) is 0 Å². The molecule has 9 aromatic rings. The van der Waals surface area contributed by atoms with Gasteiger partial charge in [-0.05, 0) is 41.5 Å². The highest BCUT2D eigenvalue weighted by atomic mass is 16.4. The maximum atomic E-state index is 6.37. The average Bonchev–Trinajstić information content (AvgIpc) is 3.71. The van der Waals surface area contributed by atoms with E-state index < -0.39 is 0 Å². The summed E-state index contributed by atoms with van der Waals surface area (Å²) in [5.41, 5.74) is 8.84. The normalized spacial score (nSPS) is 11.5. The molecule has 6 heteroatoms. The zero-order valence-electron chi connectivity index (χ0n) is 24.5. The lowest BCUT2D eigenvalue weighted by Crippen LogP contribution is -2.00. The number of oxazole rings is 1. The summed E-state index contributed by atoms with van der Waals surface area (Å²) >= 11 is 0. The van der Waals surface area contributed by atoms with Gasteiger partial charge in [0.15, 0.2) is 23.1 Å². The molecule has 0 bridgehead atoms. The molecular weight excluding hydrogens is 568 g/mol. The Labute approximate surface area is 263 Å². The molecule has 0 saturated carbocycles. The maximum Gasteiger partial charge on any atom is 0.227 e. The van der Waals surface area contributed by atoms with Crippen LogP contribution in [0.4, 0.5) is 0 Å². The van der Waals surface area contributed by atoms with Gasteiger partial charge in [0.25, 0.3) is 0 Å². The van der Waals surface area contributed by atoms with Crippen molar-refractivity contribution < 1.29 is 8.83 Å². The first-order chi connectivity index (χ1) is 22.7. The number of hydrogen-bond acceptors (Lipinski definition) is 6. The first-order valence-corrected chi connectivity index (χ1v) is 15.1. The molecule has 0 saturated heterocycles. The van der Waals surface area contributed by atoms with E-state index in [4.69, 9.17) is 28.8 Å². The molecular formula is C40H24N4O2. The fraction of sp³-hybridized carbons (Fsp3) is 0. The number of hydrogen-bond donors (Lipinski definition) is 0. The highest BCUT2D eigenvalue weighted by molar-refractivity contribution is 6.09. The van der Waals surface area contributed by atoms with Crippen LogP contribution in [0.2, 0.25) is 0 Å². The van der Waals surface area contributed by atoms with Crippen molar-refractivity contribution in [3.8, 4) is 56.7 Å². The molecule has 0 spiro atoms. The summed E-state index contributed by atoms with van der Waals surface area (Å²) in [6.07, 6.45) is 0. The SMILES string of the molecule is c1ccc(-c2ccc(-c3nc4cc5c(cc4o3)oc3cc(-c4nc(-c6ccccc6)nc(-c6ccccc6)n4)ccc35)cc2)cc1. The molecule has 0 atom stereocenters. The van der Waals surface area contributed by atoms with Gasteiger partial charge in [0, 0.05) is 39.1 Å². The van der Waals surface area contributed by atoms with Gasteiger partial charge >= 0.3 is 0 Å². The summed E-state index contributed by atoms with van der Waals surface area (Å²) in [6, 6.07) is 48.5. The smallest absolute Gasteiger partial charge is 0.227 e. The Hall–Kier alpha value is -6.40. The summed E-state index contributed by atoms with van der Waals surface area (Å²) in [5, 5.41) is 1.96. The van der Waals surface area contributed by atoms with E-state index in [1.807, 2.05) is 115 Å². The molecule has 6 aromatic carbocycles. The molecule has 0 aliphatic carbocycles. The summed E-state index contributed by atoms with van der Waals surface area (Å²) in [6.45, 7) is 0. The van der Waals surface area contributed by atoms with Crippen LogP contribution in [-0.4, -0.2) is 19.9 Å². The molecule has 0 radical (unpaired) electrons. The Balaban J connectivity index is 1.10. The fourth-order valence-electron chi connectivity index (χ4n) is 5.83. The largest absolute Gasteiger partial charge is 0.456 e. The highest BCUT2D eigenvalue weighted by Crippen LogP contribution is 2.36. The third kappa shape index (κ3) is 4.60. The lowest BCUT2D eigenvalue weighted by Gasteiger charge is -2.08. The summed E-state index contributed by atoms with van der Waals surface area (Å²) in [4.78, 5) is 19.4. The van der Waals surface area contributed by atoms with Gasteiger partial charge in [0.05, 0.1) is 0 Å². The van der Waals surface area contributed by atoms with Crippen LogP contribution in [-0.2, 0) is 0 Å². The molecule has 216 valence electrons. The van der Waals surface area contributed by atoms with Crippen molar-refractivity contribution in [3.63, 3.8) is 0 Å². The Bertz CT molecular complexity index is 2450. The van der Waals surface area contributed by atoms with Crippen molar-refractivity contribution in [2.24, 2.45) is 0 Å². The van der Waals surface area contributed by atoms with Gasteiger partial charge in [-0.15, -0.1) is 0 Å². The van der Waals surface area contributed by atoms with E-state index in [1.165, 1.54) is 5.56 Å². The quantitative estimate of drug-likeness (QED) is 0.198. The summed E-state index contributed by atoms with van der Waals surface area (Å²) in [5.74, 6) is 2.39. The van der Waals surface area contributed by atoms with Crippen LogP contribution in [0.5, 0.6) is 0 Å². The molecule has 0 amide bonds. The van der Waals surface area contributed by atoms with Gasteiger partial charge in [-0.1, -0.05) is 109 Å². The van der Waals surface area contributed by atoms with Crippen LogP contribution in [0.15, 0.2) is 154 Å². The summed E-state index contributed by atoms with van der Waals surface area (Å²) < 4.78 is 12.6. The monoisotopic (exact) mass is 592 g/mol. The Morgan fingerprint density at radius 2 is 0.826 bits per heavy atom. The predicted octanol–water partition coefficient (Wildman–Crippen LogP) is 10.2. The minimum absolute atomic E-state index is 0.576. The number of benzene rings is 6. The van der Waals surface area contributed by atoms with Gasteiger partial charge in [0.2, 0.25) is 5.89 Å². The molecule has 0 unspecified atom stereocenters. The fourth-order valence-corrected chi connectivity index (χ4v) is 5.83. The van der Waals surface area contributed by atoms with Crippen LogP contribution in [0.3, 0.4) is 0 Å². The van der Waals surface area contributed by atoms with Crippen LogP contribution in [0.1, 0.15) is 0 Å². The number of nitrogens with zero attached hydrogens (tertiary/aromatic N) is 4. The van der Waals surface area contributed by atoms with E-state index in [-0.39, 0.29) is 0 Å². The number of aromatic nitrogens is 4. The van der Waals surface area contributed by atoms with Crippen LogP contribution in [0.25, 0.3) is 89.8 Å². The number of fused-ring (bicyclic) bond motifs is 4. The minimum atomic E-state index is 0.576. The van der Waals surface area contributed by atoms with Gasteiger partial charge in [-0.3, -0.25) is 0 Å². The van der Waals surface area contributed by atoms with E-state index in [0.29, 0.717) is 28.9 Å². The lowest BCUT2D eigenvalue weighted by atomic mass is 10.0. The molecule has 0 N–H and O–H groups in total. The third-order valence-electron chi connectivity index (χ3n) is 8.18. The Morgan fingerprint density at radius 1 is 0.326 bits per heavy atom. The molecule has 46 heavy (non-hydrogen) atoms. The standard InChI is InChI=1S/C40H24N4O2/c1-4-10-25(11-5-1)26-16-18-29(19-17-26)40-41-33-23-32-31-21-20-30(22-34(31)45-35(32)24-36(33)46-40)39-43-37(27-12-6-2-7-13-27)42-38(44-39)28-14-8-3-9-15-28/h1-24H. The summed E-state index contributed by atoms with van der Waals surface area (Å²) in [7, 11) is 0. The maximum absolute atomic E-state index is 6.37. The first-order valence-electron chi connectivity index (χ1n) is 15.1. The average molecular weight is 593 g/mol. The van der Waals surface area contributed by atoms with Gasteiger partial charge < -0.3 is 8.83 Å². The molecule has 3 aromatic heterocycles. The van der Waals surface area contributed by atoms with Crippen molar-refractivity contribution in [1.82, 2.24) is 19.9 Å². The molecule has 0 aliphatic rings. The van der Waals surface area contributed by atoms with Crippen LogP contribution >= 0.6 is 0 Å². The van der Waals surface area contributed by atoms with Crippen molar-refractivity contribution in [2.75, 3.05) is 0 Å². The van der Waals surface area contributed by atoms with Crippen LogP contribution in [0, 0.1) is 0 Å². The van der Waals surface area contributed by atoms with E-state index in [9.17, 15) is 0 Å². The molecule has 9 rings (SSSR count). The second-order valence-corrected chi connectivity index (χ2v) is 11.1. The second-order valence-electron chi connectivity index (χ2n) is 11.1. The second kappa shape index (κ2) is 10.6.